The number of nitrogens with one attached hydrogen (secondary N) is 2. The molecule has 2 N–H and O–H groups in total. The summed E-state index contributed by atoms with van der Waals surface area (Å²) in [6, 6.07) is 6.73. The zero-order valence-corrected chi connectivity index (χ0v) is 13.7. The van der Waals surface area contributed by atoms with E-state index in [0.29, 0.717) is 11.3 Å². The minimum atomic E-state index is -3.80. The Balaban J connectivity index is 2.46. The Morgan fingerprint density at radius 3 is 2.50 bits per heavy atom. The van der Waals surface area contributed by atoms with E-state index in [1.807, 2.05) is 13.0 Å². The highest BCUT2D eigenvalue weighted by Gasteiger charge is 2.22. The van der Waals surface area contributed by atoms with E-state index >= 15 is 0 Å². The van der Waals surface area contributed by atoms with E-state index in [1.54, 1.807) is 32.0 Å². The van der Waals surface area contributed by atoms with Crippen LogP contribution >= 0.6 is 0 Å². The van der Waals surface area contributed by atoms with E-state index in [9.17, 15) is 13.2 Å². The molecule has 0 fully saturated rings. The van der Waals surface area contributed by atoms with Crippen LogP contribution in [-0.4, -0.2) is 26.5 Å². The monoisotopic (exact) mass is 322 g/mol. The fourth-order valence-corrected chi connectivity index (χ4v) is 3.52. The van der Waals surface area contributed by atoms with Crippen LogP contribution in [0, 0.1) is 20.8 Å². The third-order valence-electron chi connectivity index (χ3n) is 3.22. The van der Waals surface area contributed by atoms with E-state index in [4.69, 9.17) is 0 Å². The number of rotatable bonds is 4. The largest absolute Gasteiger partial charge is 0.464 e. The van der Waals surface area contributed by atoms with E-state index in [0.717, 1.165) is 5.56 Å². The zero-order chi connectivity index (χ0) is 16.5. The lowest BCUT2D eigenvalue weighted by atomic mass is 10.2. The molecule has 0 aliphatic carbocycles. The molecule has 1 aromatic carbocycles. The quantitative estimate of drug-likeness (QED) is 0.847. The predicted octanol–water partition coefficient (Wildman–Crippen LogP) is 2.53. The number of benzene rings is 1. The van der Waals surface area contributed by atoms with Gasteiger partial charge < -0.3 is 9.72 Å². The summed E-state index contributed by atoms with van der Waals surface area (Å²) in [5, 5.41) is 0. The summed E-state index contributed by atoms with van der Waals surface area (Å²) in [7, 11) is -2.56. The number of aromatic nitrogens is 1. The molecule has 6 nitrogen and oxygen atoms in total. The van der Waals surface area contributed by atoms with Crippen LogP contribution in [0.2, 0.25) is 0 Å². The lowest BCUT2D eigenvalue weighted by Crippen LogP contribution is -2.16. The van der Waals surface area contributed by atoms with Gasteiger partial charge >= 0.3 is 5.97 Å². The van der Waals surface area contributed by atoms with Crippen molar-refractivity contribution in [2.24, 2.45) is 0 Å². The van der Waals surface area contributed by atoms with E-state index in [1.165, 1.54) is 7.11 Å². The second-order valence-electron chi connectivity index (χ2n) is 5.11. The molecular formula is C15H18N2O4S. The fraction of sp³-hybridized carbons (Fsp3) is 0.267. The zero-order valence-electron chi connectivity index (χ0n) is 12.9. The first-order valence-electron chi connectivity index (χ1n) is 6.62. The molecule has 1 heterocycles. The third kappa shape index (κ3) is 3.14. The van der Waals surface area contributed by atoms with Crippen molar-refractivity contribution >= 4 is 21.7 Å². The van der Waals surface area contributed by atoms with Crippen molar-refractivity contribution in [2.75, 3.05) is 11.8 Å². The van der Waals surface area contributed by atoms with Gasteiger partial charge in [0.25, 0.3) is 10.0 Å². The molecule has 118 valence electrons. The Kier molecular flexibility index (Phi) is 4.27. The summed E-state index contributed by atoms with van der Waals surface area (Å²) in [4.78, 5) is 14.7. The van der Waals surface area contributed by atoms with Crippen molar-refractivity contribution in [3.63, 3.8) is 0 Å². The Hall–Kier alpha value is -2.28. The van der Waals surface area contributed by atoms with Gasteiger partial charge in [-0.25, -0.2) is 13.2 Å². The Bertz CT molecular complexity index is 822. The number of ether oxygens (including phenoxy) is 1. The number of hydrogen-bond donors (Lipinski definition) is 2. The number of carbonyl (C=O) groups is 1. The summed E-state index contributed by atoms with van der Waals surface area (Å²) in [6.45, 7) is 5.26. The summed E-state index contributed by atoms with van der Waals surface area (Å²) >= 11 is 0. The molecule has 7 heteroatoms. The van der Waals surface area contributed by atoms with Crippen LogP contribution in [0.4, 0.5) is 5.69 Å². The topological polar surface area (TPSA) is 88.3 Å². The SMILES string of the molecule is COC(=O)c1[nH]c(C)cc1NS(=O)(=O)c1cc(C)ccc1C. The van der Waals surface area contributed by atoms with Gasteiger partial charge in [-0.15, -0.1) is 0 Å². The molecule has 0 spiro atoms. The van der Waals surface area contributed by atoms with Gasteiger partial charge in [-0.05, 0) is 44.0 Å². The highest BCUT2D eigenvalue weighted by molar-refractivity contribution is 7.92. The number of anilines is 1. The predicted molar refractivity (Wildman–Crippen MR) is 83.6 cm³/mol. The fourth-order valence-electron chi connectivity index (χ4n) is 2.13. The van der Waals surface area contributed by atoms with Gasteiger partial charge in [-0.2, -0.15) is 0 Å². The average Bonchev–Trinajstić information content (AvgIpc) is 2.80. The van der Waals surface area contributed by atoms with Gasteiger partial charge in [0.05, 0.1) is 17.7 Å². The highest BCUT2D eigenvalue weighted by atomic mass is 32.2. The van der Waals surface area contributed by atoms with Crippen molar-refractivity contribution < 1.29 is 17.9 Å². The normalized spacial score (nSPS) is 11.3. The molecule has 2 aromatic rings. The molecule has 0 unspecified atom stereocenters. The van der Waals surface area contributed by atoms with Gasteiger partial charge in [0.2, 0.25) is 0 Å². The molecule has 2 rings (SSSR count). The maximum absolute atomic E-state index is 12.6. The van der Waals surface area contributed by atoms with Gasteiger partial charge in [0.15, 0.2) is 0 Å². The highest BCUT2D eigenvalue weighted by Crippen LogP contribution is 2.24. The Labute approximate surface area is 129 Å². The summed E-state index contributed by atoms with van der Waals surface area (Å²) in [5.74, 6) is -0.633. The summed E-state index contributed by atoms with van der Waals surface area (Å²) in [5.41, 5.74) is 2.37. The maximum Gasteiger partial charge on any atom is 0.356 e. The second-order valence-corrected chi connectivity index (χ2v) is 6.76. The van der Waals surface area contributed by atoms with E-state index < -0.39 is 16.0 Å². The number of carbonyl (C=O) groups excluding carboxylic acids is 1. The number of esters is 1. The summed E-state index contributed by atoms with van der Waals surface area (Å²) in [6.07, 6.45) is 0. The first kappa shape index (κ1) is 16.1. The van der Waals surface area contributed by atoms with Crippen LogP contribution < -0.4 is 4.72 Å². The molecule has 1 aromatic heterocycles. The van der Waals surface area contributed by atoms with Gasteiger partial charge in [-0.3, -0.25) is 4.72 Å². The van der Waals surface area contributed by atoms with Gasteiger partial charge in [-0.1, -0.05) is 12.1 Å². The number of H-pyrrole nitrogens is 1. The molecule has 0 atom stereocenters. The average molecular weight is 322 g/mol. The third-order valence-corrected chi connectivity index (χ3v) is 4.73. The van der Waals surface area contributed by atoms with Crippen LogP contribution in [0.5, 0.6) is 0 Å². The number of aromatic amines is 1. The van der Waals surface area contributed by atoms with Crippen LogP contribution in [0.1, 0.15) is 27.3 Å². The standard InChI is InChI=1S/C15H18N2O4S/c1-9-5-6-10(2)13(7-9)22(19,20)17-12-8-11(3)16-14(12)15(18)21-4/h5-8,16-17H,1-4H3. The lowest BCUT2D eigenvalue weighted by Gasteiger charge is -2.11. The molecule has 0 aliphatic heterocycles. The molecule has 0 amide bonds. The van der Waals surface area contributed by atoms with Crippen LogP contribution in [-0.2, 0) is 14.8 Å². The van der Waals surface area contributed by atoms with Crippen molar-refractivity contribution in [1.29, 1.82) is 0 Å². The van der Waals surface area contributed by atoms with E-state index in [2.05, 4.69) is 14.4 Å². The molecule has 0 radical (unpaired) electrons. The summed E-state index contributed by atoms with van der Waals surface area (Å²) < 4.78 is 32.2. The molecule has 0 aliphatic rings. The number of sulfonamides is 1. The molecule has 0 saturated carbocycles. The van der Waals surface area contributed by atoms with Crippen LogP contribution in [0.15, 0.2) is 29.2 Å². The van der Waals surface area contributed by atoms with E-state index in [-0.39, 0.29) is 16.3 Å². The molecule has 22 heavy (non-hydrogen) atoms. The number of methoxy groups -OCH3 is 1. The Morgan fingerprint density at radius 1 is 1.18 bits per heavy atom. The maximum atomic E-state index is 12.6. The minimum absolute atomic E-state index is 0.0777. The van der Waals surface area contributed by atoms with Crippen molar-refractivity contribution in [3.8, 4) is 0 Å². The van der Waals surface area contributed by atoms with Crippen molar-refractivity contribution in [2.45, 2.75) is 25.7 Å². The lowest BCUT2D eigenvalue weighted by molar-refractivity contribution is 0.0596. The van der Waals surface area contributed by atoms with Gasteiger partial charge in [0.1, 0.15) is 5.69 Å². The Morgan fingerprint density at radius 2 is 1.86 bits per heavy atom. The molecular weight excluding hydrogens is 304 g/mol. The first-order valence-corrected chi connectivity index (χ1v) is 8.11. The van der Waals surface area contributed by atoms with Crippen molar-refractivity contribution in [3.05, 3.63) is 46.8 Å². The molecule has 0 saturated heterocycles. The molecule has 0 bridgehead atoms. The second kappa shape index (κ2) is 5.84. The van der Waals surface area contributed by atoms with Gasteiger partial charge in [0, 0.05) is 5.69 Å². The smallest absolute Gasteiger partial charge is 0.356 e. The van der Waals surface area contributed by atoms with Crippen molar-refractivity contribution in [1.82, 2.24) is 4.98 Å². The number of hydrogen-bond acceptors (Lipinski definition) is 4. The number of aryl methyl sites for hydroxylation is 3. The van der Waals surface area contributed by atoms with Crippen LogP contribution in [0.3, 0.4) is 0 Å². The minimum Gasteiger partial charge on any atom is -0.464 e. The van der Waals surface area contributed by atoms with Crippen LogP contribution in [0.25, 0.3) is 0 Å². The first-order chi connectivity index (χ1) is 10.2.